The summed E-state index contributed by atoms with van der Waals surface area (Å²) >= 11 is 0. The molecule has 0 rings (SSSR count). The van der Waals surface area contributed by atoms with E-state index in [0.717, 1.165) is 4.94 Å². The summed E-state index contributed by atoms with van der Waals surface area (Å²) in [5.41, 5.74) is -8.58. The largest absolute Gasteiger partial charge is 0.459 e. The second-order valence-corrected chi connectivity index (χ2v) is 3.99. The molecule has 0 aromatic carbocycles. The van der Waals surface area contributed by atoms with Gasteiger partial charge < -0.3 is 0 Å². The predicted octanol–water partition coefficient (Wildman–Crippen LogP) is 5.42. The molecular formula is C7F16O. The third-order valence-electron chi connectivity index (χ3n) is 2.61. The average molecular weight is 404 g/mol. The van der Waals surface area contributed by atoms with Crippen LogP contribution in [-0.4, -0.2) is 36.5 Å². The van der Waals surface area contributed by atoms with Crippen LogP contribution in [-0.2, 0) is 4.94 Å². The van der Waals surface area contributed by atoms with Gasteiger partial charge in [0, 0.05) is 0 Å². The molecule has 1 nitrogen and oxygen atoms in total. The Morgan fingerprint density at radius 2 is 0.708 bits per heavy atom. The normalized spacial score (nSPS) is 16.5. The Morgan fingerprint density at radius 1 is 0.417 bits per heavy atom. The van der Waals surface area contributed by atoms with Crippen molar-refractivity contribution >= 4 is 0 Å². The van der Waals surface area contributed by atoms with Crippen molar-refractivity contribution in [1.29, 1.82) is 0 Å². The smallest absolute Gasteiger partial charge is 0.198 e. The lowest BCUT2D eigenvalue weighted by Gasteiger charge is -2.46. The molecule has 0 heterocycles. The van der Waals surface area contributed by atoms with E-state index in [-0.39, 0.29) is 0 Å². The SMILES string of the molecule is FOC(F)(F)C(C(F)(F)F)(C(F)(F)F)C(F)(F)C(F)(F)C(F)(F)F. The Balaban J connectivity index is 7.24. The van der Waals surface area contributed by atoms with E-state index in [0.29, 0.717) is 0 Å². The van der Waals surface area contributed by atoms with Crippen molar-refractivity contribution in [2.45, 2.75) is 36.5 Å². The maximum absolute atomic E-state index is 13.1. The van der Waals surface area contributed by atoms with Crippen LogP contribution in [0.1, 0.15) is 0 Å². The van der Waals surface area contributed by atoms with E-state index >= 15 is 0 Å². The van der Waals surface area contributed by atoms with Crippen LogP contribution in [0.4, 0.5) is 70.4 Å². The molecule has 146 valence electrons. The van der Waals surface area contributed by atoms with Crippen LogP contribution in [0, 0.1) is 5.41 Å². The van der Waals surface area contributed by atoms with Crippen molar-refractivity contribution in [3.8, 4) is 0 Å². The second-order valence-electron chi connectivity index (χ2n) is 3.99. The van der Waals surface area contributed by atoms with Gasteiger partial charge in [-0.1, -0.05) is 0 Å². The first-order valence-electron chi connectivity index (χ1n) is 4.69. The zero-order chi connectivity index (χ0) is 20.2. The summed E-state index contributed by atoms with van der Waals surface area (Å²) in [5.74, 6) is -17.0. The molecule has 0 saturated heterocycles. The Bertz CT molecular complexity index is 437. The fourth-order valence-corrected chi connectivity index (χ4v) is 1.50. The van der Waals surface area contributed by atoms with E-state index in [1.807, 2.05) is 0 Å². The van der Waals surface area contributed by atoms with Crippen LogP contribution in [0.3, 0.4) is 0 Å². The predicted molar refractivity (Wildman–Crippen MR) is 37.6 cm³/mol. The summed E-state index contributed by atoms with van der Waals surface area (Å²) in [6.07, 6.45) is -32.3. The molecule has 24 heavy (non-hydrogen) atoms. The van der Waals surface area contributed by atoms with Crippen molar-refractivity contribution in [2.75, 3.05) is 0 Å². The molecule has 0 radical (unpaired) electrons. The molecule has 0 aromatic heterocycles. The van der Waals surface area contributed by atoms with E-state index in [4.69, 9.17) is 0 Å². The van der Waals surface area contributed by atoms with Crippen molar-refractivity contribution in [3.63, 3.8) is 0 Å². The van der Waals surface area contributed by atoms with Gasteiger partial charge in [-0.05, 0) is 4.53 Å². The molecule has 0 aliphatic rings. The molecule has 0 fully saturated rings. The van der Waals surface area contributed by atoms with Gasteiger partial charge in [0.15, 0.2) is 0 Å². The lowest BCUT2D eigenvalue weighted by Crippen LogP contribution is -2.76. The van der Waals surface area contributed by atoms with Crippen LogP contribution in [0.15, 0.2) is 0 Å². The van der Waals surface area contributed by atoms with Gasteiger partial charge in [0.05, 0.1) is 0 Å². The Morgan fingerprint density at radius 3 is 0.875 bits per heavy atom. The third kappa shape index (κ3) is 2.63. The van der Waals surface area contributed by atoms with Crippen molar-refractivity contribution in [2.24, 2.45) is 5.41 Å². The summed E-state index contributed by atoms with van der Waals surface area (Å²) < 4.78 is 197. The average Bonchev–Trinajstić information content (AvgIpc) is 2.22. The minimum Gasteiger partial charge on any atom is -0.198 e. The number of rotatable bonds is 4. The maximum Gasteiger partial charge on any atom is 0.459 e. The molecule has 0 spiro atoms. The molecule has 0 unspecified atom stereocenters. The number of alkyl halides is 15. The van der Waals surface area contributed by atoms with Gasteiger partial charge in [-0.25, -0.2) is 0 Å². The Labute approximate surface area is 119 Å². The molecular weight excluding hydrogens is 404 g/mol. The summed E-state index contributed by atoms with van der Waals surface area (Å²) in [6, 6.07) is 0. The van der Waals surface area contributed by atoms with Gasteiger partial charge in [0.1, 0.15) is 0 Å². The lowest BCUT2D eigenvalue weighted by molar-refractivity contribution is -0.550. The summed E-state index contributed by atoms with van der Waals surface area (Å²) in [6.45, 7) is 0. The monoisotopic (exact) mass is 404 g/mol. The zero-order valence-corrected chi connectivity index (χ0v) is 9.96. The molecule has 0 aliphatic carbocycles. The van der Waals surface area contributed by atoms with Gasteiger partial charge in [0.25, 0.3) is 0 Å². The molecule has 0 N–H and O–H groups in total. The first-order valence-corrected chi connectivity index (χ1v) is 4.69. The fourth-order valence-electron chi connectivity index (χ4n) is 1.50. The van der Waals surface area contributed by atoms with Gasteiger partial charge in [-0.15, -0.1) is 4.94 Å². The third-order valence-corrected chi connectivity index (χ3v) is 2.61. The first-order chi connectivity index (χ1) is 10.1. The van der Waals surface area contributed by atoms with E-state index in [9.17, 15) is 70.4 Å². The van der Waals surface area contributed by atoms with Crippen LogP contribution in [0.25, 0.3) is 0 Å². The van der Waals surface area contributed by atoms with E-state index in [1.165, 1.54) is 0 Å². The van der Waals surface area contributed by atoms with Crippen molar-refractivity contribution < 1.29 is 75.3 Å². The molecule has 0 aliphatic heterocycles. The minimum atomic E-state index is -8.68. The minimum absolute atomic E-state index is 0.796. The van der Waals surface area contributed by atoms with E-state index < -0.39 is 41.9 Å². The van der Waals surface area contributed by atoms with Gasteiger partial charge in [-0.2, -0.15) is 65.9 Å². The second kappa shape index (κ2) is 5.42. The van der Waals surface area contributed by atoms with Crippen LogP contribution >= 0.6 is 0 Å². The highest BCUT2D eigenvalue weighted by Gasteiger charge is 3.00. The van der Waals surface area contributed by atoms with E-state index in [2.05, 4.69) is 0 Å². The Kier molecular flexibility index (Phi) is 5.16. The topological polar surface area (TPSA) is 9.23 Å². The van der Waals surface area contributed by atoms with Crippen molar-refractivity contribution in [3.05, 3.63) is 0 Å². The molecule has 0 aromatic rings. The van der Waals surface area contributed by atoms with Gasteiger partial charge in [-0.3, -0.25) is 0 Å². The van der Waals surface area contributed by atoms with Crippen molar-refractivity contribution in [1.82, 2.24) is 0 Å². The van der Waals surface area contributed by atoms with Crippen LogP contribution in [0.5, 0.6) is 0 Å². The number of hydrogen-bond acceptors (Lipinski definition) is 1. The fraction of sp³-hybridized carbons (Fsp3) is 1.00. The number of hydrogen-bond donors (Lipinski definition) is 0. The van der Waals surface area contributed by atoms with Crippen LogP contribution < -0.4 is 0 Å². The van der Waals surface area contributed by atoms with E-state index in [1.54, 1.807) is 0 Å². The maximum atomic E-state index is 13.1. The molecule has 0 bridgehead atoms. The molecule has 0 atom stereocenters. The van der Waals surface area contributed by atoms with Crippen LogP contribution in [0.2, 0.25) is 0 Å². The zero-order valence-electron chi connectivity index (χ0n) is 9.96. The highest BCUT2D eigenvalue weighted by atomic mass is 19.4. The summed E-state index contributed by atoms with van der Waals surface area (Å²) in [4.78, 5) is 0.796. The molecule has 17 heteroatoms. The quantitative estimate of drug-likeness (QED) is 0.569. The molecule has 0 amide bonds. The number of halogens is 16. The lowest BCUT2D eigenvalue weighted by atomic mass is 9.74. The molecule has 0 saturated carbocycles. The highest BCUT2D eigenvalue weighted by molar-refractivity contribution is 5.14. The summed E-state index contributed by atoms with van der Waals surface area (Å²) in [7, 11) is 0. The van der Waals surface area contributed by atoms with Gasteiger partial charge >= 0.3 is 41.9 Å². The standard InChI is InChI=1S/C7F16O/c8-2(9,3(10,11)6(18,19)20)1(4(12,13)14,5(15,16)17)7(21,22)24-23. The first kappa shape index (κ1) is 22.8. The Hall–Kier alpha value is -1.16. The highest BCUT2D eigenvalue weighted by Crippen LogP contribution is 2.70. The summed E-state index contributed by atoms with van der Waals surface area (Å²) in [5, 5.41) is 0. The van der Waals surface area contributed by atoms with Gasteiger partial charge in [0.2, 0.25) is 0 Å².